The molecule has 1 aromatic carbocycles. The largest absolute Gasteiger partial charge is 0.491 e. The van der Waals surface area contributed by atoms with Crippen LogP contribution in [0.1, 0.15) is 5.56 Å². The summed E-state index contributed by atoms with van der Waals surface area (Å²) in [4.78, 5) is 20.0. The zero-order valence-corrected chi connectivity index (χ0v) is 16.7. The number of aromatic nitrogens is 4. The molecule has 4 aromatic rings. The molecule has 1 aliphatic heterocycles. The van der Waals surface area contributed by atoms with Gasteiger partial charge in [0.15, 0.2) is 5.13 Å². The fraction of sp³-hybridized carbons (Fsp3) is 0.158. The Hall–Kier alpha value is -3.17. The van der Waals surface area contributed by atoms with Gasteiger partial charge < -0.3 is 21.1 Å². The minimum absolute atomic E-state index is 0.147. The van der Waals surface area contributed by atoms with Crippen molar-refractivity contribution in [1.82, 2.24) is 19.9 Å². The fourth-order valence-corrected chi connectivity index (χ4v) is 4.19. The van der Waals surface area contributed by atoms with Crippen LogP contribution in [0.5, 0.6) is 5.75 Å². The SMILES string of the molecule is Nc1nc(Cl)cc(N2CCOc3ccc(-c4cnc5sc(N)nc5c4)cc3C2)n1. The molecule has 0 spiro atoms. The molecule has 5 rings (SSSR count). The topological polar surface area (TPSA) is 116 Å². The number of anilines is 3. The van der Waals surface area contributed by atoms with Crippen LogP contribution < -0.4 is 21.1 Å². The summed E-state index contributed by atoms with van der Waals surface area (Å²) in [6, 6.07) is 9.80. The predicted molar refractivity (Wildman–Crippen MR) is 115 cm³/mol. The molecule has 0 atom stereocenters. The van der Waals surface area contributed by atoms with Crippen molar-refractivity contribution >= 4 is 50.2 Å². The van der Waals surface area contributed by atoms with Crippen molar-refractivity contribution in [1.29, 1.82) is 0 Å². The van der Waals surface area contributed by atoms with Gasteiger partial charge in [0.25, 0.3) is 0 Å². The molecule has 0 saturated heterocycles. The zero-order chi connectivity index (χ0) is 20.0. The van der Waals surface area contributed by atoms with Crippen molar-refractivity contribution in [3.8, 4) is 16.9 Å². The van der Waals surface area contributed by atoms with Crippen LogP contribution in [0.4, 0.5) is 16.9 Å². The molecule has 0 bridgehead atoms. The Morgan fingerprint density at radius 2 is 1.97 bits per heavy atom. The van der Waals surface area contributed by atoms with Crippen LogP contribution in [-0.2, 0) is 6.54 Å². The Kier molecular flexibility index (Phi) is 4.33. The number of nitrogens with two attached hydrogens (primary N) is 2. The molecule has 1 aliphatic rings. The maximum atomic E-state index is 6.06. The third kappa shape index (κ3) is 3.50. The number of nitrogens with zero attached hydrogens (tertiary/aromatic N) is 5. The van der Waals surface area contributed by atoms with Crippen LogP contribution in [0.25, 0.3) is 21.5 Å². The summed E-state index contributed by atoms with van der Waals surface area (Å²) in [6.07, 6.45) is 1.84. The lowest BCUT2D eigenvalue weighted by atomic mass is 10.0. The van der Waals surface area contributed by atoms with Gasteiger partial charge in [0, 0.05) is 29.9 Å². The average molecular weight is 426 g/mol. The van der Waals surface area contributed by atoms with E-state index in [9.17, 15) is 0 Å². The standard InChI is InChI=1S/C19H16ClN7OS/c20-15-7-16(26-18(21)25-15)27-3-4-28-14-2-1-10(5-12(14)9-27)11-6-13-17(23-8-11)29-19(22)24-13/h1-2,5-8H,3-4,9H2,(H2,22,24)(H2,21,25,26). The van der Waals surface area contributed by atoms with Gasteiger partial charge in [0.1, 0.15) is 33.7 Å². The summed E-state index contributed by atoms with van der Waals surface area (Å²) >= 11 is 7.43. The highest BCUT2D eigenvalue weighted by Gasteiger charge is 2.19. The summed E-state index contributed by atoms with van der Waals surface area (Å²) in [5.41, 5.74) is 15.4. The molecule has 4 N–H and O–H groups in total. The van der Waals surface area contributed by atoms with Crippen molar-refractivity contribution < 1.29 is 4.74 Å². The first kappa shape index (κ1) is 17.9. The summed E-state index contributed by atoms with van der Waals surface area (Å²) < 4.78 is 5.93. The number of benzene rings is 1. The van der Waals surface area contributed by atoms with Crippen molar-refractivity contribution in [3.05, 3.63) is 47.2 Å². The van der Waals surface area contributed by atoms with Crippen LogP contribution in [0.15, 0.2) is 36.5 Å². The van der Waals surface area contributed by atoms with Crippen molar-refractivity contribution in [2.24, 2.45) is 0 Å². The second kappa shape index (κ2) is 7.02. The van der Waals surface area contributed by atoms with Gasteiger partial charge in [-0.3, -0.25) is 0 Å². The van der Waals surface area contributed by atoms with Gasteiger partial charge >= 0.3 is 0 Å². The maximum Gasteiger partial charge on any atom is 0.223 e. The number of halogens is 1. The number of fused-ring (bicyclic) bond motifs is 2. The molecule has 10 heteroatoms. The molecule has 29 heavy (non-hydrogen) atoms. The van der Waals surface area contributed by atoms with Crippen LogP contribution >= 0.6 is 22.9 Å². The monoisotopic (exact) mass is 425 g/mol. The quantitative estimate of drug-likeness (QED) is 0.469. The molecule has 0 fully saturated rings. The van der Waals surface area contributed by atoms with E-state index in [1.807, 2.05) is 24.4 Å². The first-order valence-corrected chi connectivity index (χ1v) is 10.1. The molecule has 0 radical (unpaired) electrons. The lowest BCUT2D eigenvalue weighted by molar-refractivity contribution is 0.331. The number of hydrogen-bond donors (Lipinski definition) is 2. The predicted octanol–water partition coefficient (Wildman–Crippen LogP) is 3.37. The molecule has 0 amide bonds. The highest BCUT2D eigenvalue weighted by atomic mass is 35.5. The molecular weight excluding hydrogens is 410 g/mol. The maximum absolute atomic E-state index is 6.06. The van der Waals surface area contributed by atoms with Gasteiger partial charge in [-0.25, -0.2) is 15.0 Å². The van der Waals surface area contributed by atoms with Crippen LogP contribution in [-0.4, -0.2) is 33.1 Å². The Balaban J connectivity index is 1.51. The molecule has 0 aliphatic carbocycles. The van der Waals surface area contributed by atoms with E-state index >= 15 is 0 Å². The van der Waals surface area contributed by atoms with E-state index in [1.165, 1.54) is 11.3 Å². The number of thiazole rings is 1. The summed E-state index contributed by atoms with van der Waals surface area (Å²) in [7, 11) is 0. The first-order valence-electron chi connectivity index (χ1n) is 8.88. The molecule has 8 nitrogen and oxygen atoms in total. The van der Waals surface area contributed by atoms with Crippen molar-refractivity contribution in [2.45, 2.75) is 6.54 Å². The van der Waals surface area contributed by atoms with Crippen LogP contribution in [0.3, 0.4) is 0 Å². The molecule has 3 aromatic heterocycles. The third-order valence-electron chi connectivity index (χ3n) is 4.66. The Morgan fingerprint density at radius 1 is 1.07 bits per heavy atom. The van der Waals surface area contributed by atoms with Gasteiger partial charge in [-0.2, -0.15) is 4.98 Å². The third-order valence-corrected chi connectivity index (χ3v) is 5.66. The summed E-state index contributed by atoms with van der Waals surface area (Å²) in [5.74, 6) is 1.66. The van der Waals surface area contributed by atoms with Gasteiger partial charge in [0.2, 0.25) is 5.95 Å². The first-order chi connectivity index (χ1) is 14.0. The average Bonchev–Trinajstić information content (AvgIpc) is 2.92. The number of hydrogen-bond acceptors (Lipinski definition) is 9. The number of pyridine rings is 1. The lowest BCUT2D eigenvalue weighted by Crippen LogP contribution is -2.26. The zero-order valence-electron chi connectivity index (χ0n) is 15.2. The van der Waals surface area contributed by atoms with E-state index in [2.05, 4.69) is 30.9 Å². The minimum Gasteiger partial charge on any atom is -0.491 e. The number of rotatable bonds is 2. The van der Waals surface area contributed by atoms with E-state index < -0.39 is 0 Å². The smallest absolute Gasteiger partial charge is 0.223 e. The van der Waals surface area contributed by atoms with Crippen molar-refractivity contribution in [2.75, 3.05) is 29.5 Å². The van der Waals surface area contributed by atoms with E-state index in [0.29, 0.717) is 35.8 Å². The highest BCUT2D eigenvalue weighted by molar-refractivity contribution is 7.21. The van der Waals surface area contributed by atoms with E-state index in [4.69, 9.17) is 27.8 Å². The van der Waals surface area contributed by atoms with Gasteiger partial charge in [-0.05, 0) is 23.8 Å². The molecular formula is C19H16ClN7OS. The van der Waals surface area contributed by atoms with Crippen LogP contribution in [0, 0.1) is 0 Å². The minimum atomic E-state index is 0.147. The number of ether oxygens (including phenoxy) is 1. The van der Waals surface area contributed by atoms with E-state index in [0.717, 1.165) is 32.8 Å². The fourth-order valence-electron chi connectivity index (χ4n) is 3.35. The Bertz CT molecular complexity index is 1210. The normalized spacial score (nSPS) is 13.8. The second-order valence-electron chi connectivity index (χ2n) is 6.60. The van der Waals surface area contributed by atoms with E-state index in [-0.39, 0.29) is 5.95 Å². The van der Waals surface area contributed by atoms with Gasteiger partial charge in [0.05, 0.1) is 6.54 Å². The van der Waals surface area contributed by atoms with E-state index in [1.54, 1.807) is 6.07 Å². The van der Waals surface area contributed by atoms with Crippen molar-refractivity contribution in [3.63, 3.8) is 0 Å². The highest BCUT2D eigenvalue weighted by Crippen LogP contribution is 2.32. The van der Waals surface area contributed by atoms with Crippen LogP contribution in [0.2, 0.25) is 5.15 Å². The summed E-state index contributed by atoms with van der Waals surface area (Å²) in [6.45, 7) is 1.79. The molecule has 0 saturated carbocycles. The van der Waals surface area contributed by atoms with Gasteiger partial charge in [-0.1, -0.05) is 29.0 Å². The Morgan fingerprint density at radius 3 is 2.83 bits per heavy atom. The Labute approximate surface area is 175 Å². The number of nitrogen functional groups attached to an aromatic ring is 2. The molecule has 146 valence electrons. The lowest BCUT2D eigenvalue weighted by Gasteiger charge is -2.21. The second-order valence-corrected chi connectivity index (χ2v) is 8.00. The molecule has 4 heterocycles. The summed E-state index contributed by atoms with van der Waals surface area (Å²) in [5, 5.41) is 0.826. The van der Waals surface area contributed by atoms with Gasteiger partial charge in [-0.15, -0.1) is 0 Å². The molecule has 0 unspecified atom stereocenters.